The van der Waals surface area contributed by atoms with E-state index in [2.05, 4.69) is 17.5 Å². The Morgan fingerprint density at radius 3 is 2.31 bits per heavy atom. The number of rotatable bonds is 3. The zero-order valence-electron chi connectivity index (χ0n) is 14.9. The normalized spacial score (nSPS) is 37.4. The Morgan fingerprint density at radius 1 is 1.12 bits per heavy atom. The Balaban J connectivity index is 1.38. The van der Waals surface area contributed by atoms with Crippen molar-refractivity contribution in [3.63, 3.8) is 0 Å². The number of nitrogens with one attached hydrogen (secondary N) is 1. The minimum absolute atomic E-state index is 0.156. The highest BCUT2D eigenvalue weighted by Crippen LogP contribution is 2.65. The summed E-state index contributed by atoms with van der Waals surface area (Å²) in [4.78, 5) is 40.0. The van der Waals surface area contributed by atoms with E-state index in [1.807, 2.05) is 31.2 Å². The third kappa shape index (κ3) is 2.06. The van der Waals surface area contributed by atoms with Gasteiger partial charge >= 0.3 is 0 Å². The summed E-state index contributed by atoms with van der Waals surface area (Å²) in [6, 6.07) is 6.70. The van der Waals surface area contributed by atoms with Gasteiger partial charge in [-0.15, -0.1) is 0 Å². The van der Waals surface area contributed by atoms with Gasteiger partial charge in [-0.25, -0.2) is 0 Å². The number of likely N-dealkylation sites (tertiary alicyclic amines) is 1. The summed E-state index contributed by atoms with van der Waals surface area (Å²) in [5, 5.41) is 2.84. The molecule has 7 atom stereocenters. The zero-order chi connectivity index (χ0) is 18.2. The largest absolute Gasteiger partial charge is 0.324 e. The Kier molecular flexibility index (Phi) is 3.21. The molecule has 1 saturated heterocycles. The van der Waals surface area contributed by atoms with E-state index in [0.717, 1.165) is 12.0 Å². The average molecular weight is 350 g/mol. The number of hydrogen-bond acceptors (Lipinski definition) is 3. The molecule has 0 spiro atoms. The minimum Gasteiger partial charge on any atom is -0.324 e. The first-order valence-electron chi connectivity index (χ1n) is 9.40. The van der Waals surface area contributed by atoms with E-state index in [1.165, 1.54) is 4.90 Å². The molecule has 1 aromatic carbocycles. The smallest absolute Gasteiger partial charge is 0.247 e. The molecular weight excluding hydrogens is 328 g/mol. The number of allylic oxidation sites excluding steroid dienone is 2. The van der Waals surface area contributed by atoms with Gasteiger partial charge in [0.2, 0.25) is 17.7 Å². The van der Waals surface area contributed by atoms with E-state index in [1.54, 1.807) is 6.92 Å². The lowest BCUT2D eigenvalue weighted by Crippen LogP contribution is -2.46. The third-order valence-electron chi connectivity index (χ3n) is 6.75. The van der Waals surface area contributed by atoms with Crippen LogP contribution in [-0.2, 0) is 14.4 Å². The summed E-state index contributed by atoms with van der Waals surface area (Å²) in [6.07, 6.45) is 5.43. The van der Waals surface area contributed by atoms with E-state index in [-0.39, 0.29) is 41.4 Å². The quantitative estimate of drug-likeness (QED) is 0.672. The minimum atomic E-state index is -0.795. The fourth-order valence-electron chi connectivity index (χ4n) is 5.45. The van der Waals surface area contributed by atoms with Gasteiger partial charge in [0.1, 0.15) is 6.04 Å². The summed E-state index contributed by atoms with van der Waals surface area (Å²) < 4.78 is 0. The number of carbonyl (C=O) groups is 3. The molecule has 0 unspecified atom stereocenters. The van der Waals surface area contributed by atoms with Crippen molar-refractivity contribution in [3.05, 3.63) is 42.0 Å². The molecule has 1 N–H and O–H groups in total. The number of hydrogen-bond donors (Lipinski definition) is 1. The second-order valence-electron chi connectivity index (χ2n) is 8.24. The van der Waals surface area contributed by atoms with Crippen LogP contribution in [0.2, 0.25) is 0 Å². The molecule has 26 heavy (non-hydrogen) atoms. The maximum absolute atomic E-state index is 13.0. The molecule has 2 bridgehead atoms. The molecule has 0 aromatic heterocycles. The molecule has 2 saturated carbocycles. The Labute approximate surface area is 152 Å². The Morgan fingerprint density at radius 2 is 1.73 bits per heavy atom. The van der Waals surface area contributed by atoms with Gasteiger partial charge < -0.3 is 5.32 Å². The maximum atomic E-state index is 13.0. The maximum Gasteiger partial charge on any atom is 0.247 e. The van der Waals surface area contributed by atoms with Gasteiger partial charge in [-0.3, -0.25) is 19.3 Å². The van der Waals surface area contributed by atoms with E-state index in [0.29, 0.717) is 17.5 Å². The average Bonchev–Trinajstić information content (AvgIpc) is 3.39. The molecule has 5 nitrogen and oxygen atoms in total. The monoisotopic (exact) mass is 350 g/mol. The molecule has 1 heterocycles. The SMILES string of the molecule is Cc1cccc(NC(=O)[C@@H](C)N2C(=O)[C@H]3[C@@H]4C=C[C@H]([C@H]5C[C@H]45)[C@@H]3C2=O)c1. The third-order valence-corrected chi connectivity index (χ3v) is 6.75. The molecule has 6 rings (SSSR count). The highest BCUT2D eigenvalue weighted by molar-refractivity contribution is 6.10. The topological polar surface area (TPSA) is 66.5 Å². The van der Waals surface area contributed by atoms with Crippen molar-refractivity contribution in [2.45, 2.75) is 26.3 Å². The number of anilines is 1. The summed E-state index contributed by atoms with van der Waals surface area (Å²) in [7, 11) is 0. The predicted molar refractivity (Wildman–Crippen MR) is 95.8 cm³/mol. The van der Waals surface area contributed by atoms with Gasteiger partial charge in [0.15, 0.2) is 0 Å². The van der Waals surface area contributed by atoms with Crippen molar-refractivity contribution in [1.29, 1.82) is 0 Å². The molecule has 0 radical (unpaired) electrons. The van der Waals surface area contributed by atoms with Crippen LogP contribution < -0.4 is 5.32 Å². The molecule has 134 valence electrons. The van der Waals surface area contributed by atoms with Gasteiger partial charge in [0, 0.05) is 5.69 Å². The number of benzene rings is 1. The van der Waals surface area contributed by atoms with E-state index >= 15 is 0 Å². The van der Waals surface area contributed by atoms with Crippen LogP contribution in [0.1, 0.15) is 18.9 Å². The summed E-state index contributed by atoms with van der Waals surface area (Å²) in [5.74, 6) is 0.367. The molecule has 1 aromatic rings. The summed E-state index contributed by atoms with van der Waals surface area (Å²) in [6.45, 7) is 3.60. The van der Waals surface area contributed by atoms with Crippen LogP contribution in [0.15, 0.2) is 36.4 Å². The second kappa shape index (κ2) is 5.29. The zero-order valence-corrected chi connectivity index (χ0v) is 14.9. The number of amides is 3. The first-order chi connectivity index (χ1) is 12.5. The molecule has 1 aliphatic heterocycles. The number of nitrogens with zero attached hydrogens (tertiary/aromatic N) is 1. The summed E-state index contributed by atoms with van der Waals surface area (Å²) in [5.41, 5.74) is 1.72. The van der Waals surface area contributed by atoms with E-state index in [9.17, 15) is 14.4 Å². The van der Waals surface area contributed by atoms with Crippen molar-refractivity contribution in [1.82, 2.24) is 4.90 Å². The van der Waals surface area contributed by atoms with Crippen LogP contribution in [0.3, 0.4) is 0 Å². The van der Waals surface area contributed by atoms with Crippen LogP contribution in [-0.4, -0.2) is 28.7 Å². The van der Waals surface area contributed by atoms with Gasteiger partial charge in [0.05, 0.1) is 11.8 Å². The first kappa shape index (κ1) is 15.8. The van der Waals surface area contributed by atoms with Gasteiger partial charge in [-0.2, -0.15) is 0 Å². The lowest BCUT2D eigenvalue weighted by Gasteiger charge is -2.37. The molecular formula is C21H22N2O3. The fourth-order valence-corrected chi connectivity index (χ4v) is 5.45. The van der Waals surface area contributed by atoms with Crippen molar-refractivity contribution >= 4 is 23.4 Å². The number of imide groups is 1. The molecule has 3 amide bonds. The molecule has 5 heteroatoms. The van der Waals surface area contributed by atoms with Crippen molar-refractivity contribution in [2.24, 2.45) is 35.5 Å². The van der Waals surface area contributed by atoms with Crippen LogP contribution in [0.4, 0.5) is 5.69 Å². The van der Waals surface area contributed by atoms with E-state index in [4.69, 9.17) is 0 Å². The highest BCUT2D eigenvalue weighted by Gasteiger charge is 2.67. The molecule has 4 aliphatic carbocycles. The standard InChI is InChI=1S/C21H22N2O3/c1-10-4-3-5-12(8-10)22-19(24)11(2)23-20(25)17-13-6-7-14(16-9-15(13)16)18(17)21(23)26/h3-8,11,13-18H,9H2,1-2H3,(H,22,24)/t11-,13-,14-,15-,16-,17+,18+/m1/s1. The van der Waals surface area contributed by atoms with Crippen molar-refractivity contribution in [3.8, 4) is 0 Å². The van der Waals surface area contributed by atoms with Crippen LogP contribution in [0.25, 0.3) is 0 Å². The Hall–Kier alpha value is -2.43. The predicted octanol–water partition coefficient (Wildman–Crippen LogP) is 2.38. The Bertz CT molecular complexity index is 825. The van der Waals surface area contributed by atoms with E-state index < -0.39 is 6.04 Å². The van der Waals surface area contributed by atoms with Gasteiger partial charge in [-0.1, -0.05) is 24.3 Å². The number of aryl methyl sites for hydroxylation is 1. The van der Waals surface area contributed by atoms with Crippen LogP contribution >= 0.6 is 0 Å². The van der Waals surface area contributed by atoms with Gasteiger partial charge in [0.25, 0.3) is 0 Å². The molecule has 3 fully saturated rings. The summed E-state index contributed by atoms with van der Waals surface area (Å²) >= 11 is 0. The van der Waals surface area contributed by atoms with Gasteiger partial charge in [-0.05, 0) is 61.6 Å². The van der Waals surface area contributed by atoms with Crippen LogP contribution in [0, 0.1) is 42.4 Å². The fraction of sp³-hybridized carbons (Fsp3) is 0.476. The molecule has 5 aliphatic rings. The van der Waals surface area contributed by atoms with Crippen molar-refractivity contribution < 1.29 is 14.4 Å². The van der Waals surface area contributed by atoms with Crippen LogP contribution in [0.5, 0.6) is 0 Å². The second-order valence-corrected chi connectivity index (χ2v) is 8.24. The lowest BCUT2D eigenvalue weighted by molar-refractivity contribution is -0.146. The lowest BCUT2D eigenvalue weighted by atomic mass is 9.63. The number of carbonyl (C=O) groups excluding carboxylic acids is 3. The highest BCUT2D eigenvalue weighted by atomic mass is 16.2. The van der Waals surface area contributed by atoms with Crippen molar-refractivity contribution in [2.75, 3.05) is 5.32 Å². The first-order valence-corrected chi connectivity index (χ1v) is 9.40.